The molecular formula is C13H17ClFN5S. The van der Waals surface area contributed by atoms with Crippen molar-refractivity contribution in [2.24, 2.45) is 0 Å². The van der Waals surface area contributed by atoms with Gasteiger partial charge in [0.15, 0.2) is 0 Å². The van der Waals surface area contributed by atoms with Gasteiger partial charge < -0.3 is 5.32 Å². The van der Waals surface area contributed by atoms with Gasteiger partial charge >= 0.3 is 0 Å². The van der Waals surface area contributed by atoms with Gasteiger partial charge in [0.2, 0.25) is 5.16 Å². The number of nitrogens with one attached hydrogen (secondary N) is 1. The molecule has 0 saturated carbocycles. The molecule has 114 valence electrons. The molecule has 1 N–H and O–H groups in total. The summed E-state index contributed by atoms with van der Waals surface area (Å²) in [6, 6.07) is 5.13. The summed E-state index contributed by atoms with van der Waals surface area (Å²) in [5, 5.41) is 15.8. The summed E-state index contributed by atoms with van der Waals surface area (Å²) in [6.07, 6.45) is 0. The molecule has 8 heteroatoms. The zero-order valence-corrected chi connectivity index (χ0v) is 13.5. The van der Waals surface area contributed by atoms with Crippen LogP contribution in [0.25, 0.3) is 0 Å². The molecule has 2 rings (SSSR count). The van der Waals surface area contributed by atoms with Gasteiger partial charge in [-0.15, -0.1) is 5.10 Å². The van der Waals surface area contributed by atoms with Crippen molar-refractivity contribution in [2.75, 3.05) is 6.54 Å². The SMILES string of the molecule is CC(C)NCCn1nnnc1SCc1ccc(F)c(Cl)c1. The molecule has 1 aromatic carbocycles. The van der Waals surface area contributed by atoms with Crippen molar-refractivity contribution in [3.05, 3.63) is 34.6 Å². The minimum absolute atomic E-state index is 0.133. The van der Waals surface area contributed by atoms with E-state index in [2.05, 4.69) is 34.7 Å². The van der Waals surface area contributed by atoms with Crippen molar-refractivity contribution >= 4 is 23.4 Å². The highest BCUT2D eigenvalue weighted by atomic mass is 35.5. The lowest BCUT2D eigenvalue weighted by molar-refractivity contribution is 0.485. The number of benzene rings is 1. The van der Waals surface area contributed by atoms with Crippen molar-refractivity contribution in [1.82, 2.24) is 25.5 Å². The number of hydrogen-bond acceptors (Lipinski definition) is 5. The fourth-order valence-electron chi connectivity index (χ4n) is 1.68. The van der Waals surface area contributed by atoms with Crippen LogP contribution in [0.3, 0.4) is 0 Å². The number of nitrogens with zero attached hydrogens (tertiary/aromatic N) is 4. The van der Waals surface area contributed by atoms with E-state index in [1.54, 1.807) is 16.8 Å². The lowest BCUT2D eigenvalue weighted by Crippen LogP contribution is -2.27. The Kier molecular flexibility index (Phi) is 5.96. The minimum atomic E-state index is -0.407. The topological polar surface area (TPSA) is 55.6 Å². The van der Waals surface area contributed by atoms with E-state index in [-0.39, 0.29) is 5.02 Å². The summed E-state index contributed by atoms with van der Waals surface area (Å²) >= 11 is 7.26. The molecule has 2 aromatic rings. The van der Waals surface area contributed by atoms with Crippen LogP contribution in [0.5, 0.6) is 0 Å². The van der Waals surface area contributed by atoms with Crippen LogP contribution in [0.4, 0.5) is 4.39 Å². The van der Waals surface area contributed by atoms with Crippen molar-refractivity contribution in [3.63, 3.8) is 0 Å². The quantitative estimate of drug-likeness (QED) is 0.792. The van der Waals surface area contributed by atoms with E-state index in [9.17, 15) is 4.39 Å². The Hall–Kier alpha value is -1.18. The van der Waals surface area contributed by atoms with E-state index in [0.29, 0.717) is 18.3 Å². The highest BCUT2D eigenvalue weighted by Gasteiger charge is 2.08. The first-order valence-electron chi connectivity index (χ1n) is 6.62. The van der Waals surface area contributed by atoms with Gasteiger partial charge in [0.25, 0.3) is 0 Å². The van der Waals surface area contributed by atoms with E-state index in [4.69, 9.17) is 11.6 Å². The summed E-state index contributed by atoms with van der Waals surface area (Å²) < 4.78 is 14.9. The highest BCUT2D eigenvalue weighted by molar-refractivity contribution is 7.98. The van der Waals surface area contributed by atoms with E-state index in [1.165, 1.54) is 17.8 Å². The second-order valence-electron chi connectivity index (χ2n) is 4.83. The van der Waals surface area contributed by atoms with Crippen LogP contribution in [0, 0.1) is 5.82 Å². The van der Waals surface area contributed by atoms with Crippen molar-refractivity contribution in [3.8, 4) is 0 Å². The second-order valence-corrected chi connectivity index (χ2v) is 6.18. The van der Waals surface area contributed by atoms with Gasteiger partial charge in [0.1, 0.15) is 5.82 Å². The Morgan fingerprint density at radius 2 is 2.24 bits per heavy atom. The molecule has 0 radical (unpaired) electrons. The number of aromatic nitrogens is 4. The van der Waals surface area contributed by atoms with Gasteiger partial charge in [-0.3, -0.25) is 0 Å². The molecule has 0 spiro atoms. The normalized spacial score (nSPS) is 11.3. The molecular weight excluding hydrogens is 313 g/mol. The summed E-state index contributed by atoms with van der Waals surface area (Å²) in [5.74, 6) is 0.229. The molecule has 0 aliphatic carbocycles. The molecule has 0 fully saturated rings. The van der Waals surface area contributed by atoms with Gasteiger partial charge in [0, 0.05) is 18.3 Å². The van der Waals surface area contributed by atoms with E-state index in [0.717, 1.165) is 17.3 Å². The van der Waals surface area contributed by atoms with Crippen LogP contribution in [-0.4, -0.2) is 32.8 Å². The van der Waals surface area contributed by atoms with Crippen LogP contribution in [0.15, 0.2) is 23.4 Å². The third-order valence-electron chi connectivity index (χ3n) is 2.73. The fraction of sp³-hybridized carbons (Fsp3) is 0.462. The number of rotatable bonds is 7. The maximum absolute atomic E-state index is 13.1. The average molecular weight is 330 g/mol. The molecule has 1 heterocycles. The predicted octanol–water partition coefficient (Wildman–Crippen LogP) is 2.76. The molecule has 1 aromatic heterocycles. The van der Waals surface area contributed by atoms with Crippen molar-refractivity contribution in [1.29, 1.82) is 0 Å². The van der Waals surface area contributed by atoms with Crippen LogP contribution in [0.2, 0.25) is 5.02 Å². The Balaban J connectivity index is 1.91. The number of tetrazole rings is 1. The lowest BCUT2D eigenvalue weighted by Gasteiger charge is -2.08. The largest absolute Gasteiger partial charge is 0.313 e. The first kappa shape index (κ1) is 16.2. The minimum Gasteiger partial charge on any atom is -0.313 e. The summed E-state index contributed by atoms with van der Waals surface area (Å²) in [4.78, 5) is 0. The highest BCUT2D eigenvalue weighted by Crippen LogP contribution is 2.23. The van der Waals surface area contributed by atoms with Crippen LogP contribution in [0.1, 0.15) is 19.4 Å². The predicted molar refractivity (Wildman–Crippen MR) is 81.9 cm³/mol. The number of halogens is 2. The van der Waals surface area contributed by atoms with Gasteiger partial charge in [0.05, 0.1) is 11.6 Å². The summed E-state index contributed by atoms with van der Waals surface area (Å²) in [5.41, 5.74) is 0.932. The maximum Gasteiger partial charge on any atom is 0.209 e. The molecule has 0 saturated heterocycles. The van der Waals surface area contributed by atoms with Crippen LogP contribution in [-0.2, 0) is 12.3 Å². The summed E-state index contributed by atoms with van der Waals surface area (Å²) in [7, 11) is 0. The Morgan fingerprint density at radius 1 is 1.43 bits per heavy atom. The fourth-order valence-corrected chi connectivity index (χ4v) is 2.73. The Morgan fingerprint density at radius 3 is 2.95 bits per heavy atom. The van der Waals surface area contributed by atoms with E-state index in [1.807, 2.05) is 0 Å². The average Bonchev–Trinajstić information content (AvgIpc) is 2.87. The van der Waals surface area contributed by atoms with Crippen LogP contribution < -0.4 is 5.32 Å². The number of thioether (sulfide) groups is 1. The molecule has 0 amide bonds. The zero-order chi connectivity index (χ0) is 15.2. The van der Waals surface area contributed by atoms with E-state index >= 15 is 0 Å². The monoisotopic (exact) mass is 329 g/mol. The first-order valence-corrected chi connectivity index (χ1v) is 7.99. The molecule has 0 aliphatic heterocycles. The molecule has 0 unspecified atom stereocenters. The Bertz CT molecular complexity index is 590. The van der Waals surface area contributed by atoms with Gasteiger partial charge in [-0.25, -0.2) is 9.07 Å². The molecule has 0 aliphatic rings. The Labute approximate surface area is 132 Å². The molecule has 21 heavy (non-hydrogen) atoms. The molecule has 5 nitrogen and oxygen atoms in total. The van der Waals surface area contributed by atoms with Crippen LogP contribution >= 0.6 is 23.4 Å². The zero-order valence-electron chi connectivity index (χ0n) is 11.9. The van der Waals surface area contributed by atoms with Gasteiger partial charge in [-0.05, 0) is 28.1 Å². The van der Waals surface area contributed by atoms with E-state index < -0.39 is 5.82 Å². The maximum atomic E-state index is 13.1. The van der Waals surface area contributed by atoms with Gasteiger partial charge in [-0.2, -0.15) is 0 Å². The second kappa shape index (κ2) is 7.72. The lowest BCUT2D eigenvalue weighted by atomic mass is 10.2. The molecule has 0 bridgehead atoms. The summed E-state index contributed by atoms with van der Waals surface area (Å²) in [6.45, 7) is 5.69. The third-order valence-corrected chi connectivity index (χ3v) is 4.05. The van der Waals surface area contributed by atoms with Crippen molar-refractivity contribution < 1.29 is 4.39 Å². The standard InChI is InChI=1S/C13H17ClFN5S/c1-9(2)16-5-6-20-13(17-18-19-20)21-8-10-3-4-12(15)11(14)7-10/h3-4,7,9,16H,5-6,8H2,1-2H3. The number of hydrogen-bond donors (Lipinski definition) is 1. The van der Waals surface area contributed by atoms with Gasteiger partial charge in [-0.1, -0.05) is 43.3 Å². The first-order chi connectivity index (χ1) is 10.1. The molecule has 0 atom stereocenters. The van der Waals surface area contributed by atoms with Crippen molar-refractivity contribution in [2.45, 2.75) is 37.3 Å². The smallest absolute Gasteiger partial charge is 0.209 e. The third kappa shape index (κ3) is 4.94.